The Hall–Kier alpha value is -3.43. The second-order valence-electron chi connectivity index (χ2n) is 10.2. The van der Waals surface area contributed by atoms with E-state index in [2.05, 4.69) is 56.9 Å². The molecule has 0 unspecified atom stereocenters. The monoisotopic (exact) mass is 484 g/mol. The van der Waals surface area contributed by atoms with Crippen molar-refractivity contribution in [2.75, 3.05) is 11.9 Å². The highest BCUT2D eigenvalue weighted by Crippen LogP contribution is 2.46. The van der Waals surface area contributed by atoms with Gasteiger partial charge < -0.3 is 14.6 Å². The fraction of sp³-hybridized carbons (Fsp3) is 0.440. The van der Waals surface area contributed by atoms with Gasteiger partial charge in [0, 0.05) is 17.3 Å². The fourth-order valence-corrected chi connectivity index (χ4v) is 5.46. The van der Waals surface area contributed by atoms with E-state index in [4.69, 9.17) is 4.98 Å². The Balaban J connectivity index is 1.52. The lowest BCUT2D eigenvalue weighted by molar-refractivity contribution is -0.274. The molecule has 7 nitrogen and oxygen atoms in total. The van der Waals surface area contributed by atoms with Crippen molar-refractivity contribution in [3.05, 3.63) is 48.0 Å². The molecule has 10 heteroatoms. The van der Waals surface area contributed by atoms with Gasteiger partial charge in [-0.1, -0.05) is 26.8 Å². The Kier molecular flexibility index (Phi) is 5.77. The standard InChI is InChI=1S/C25H27F3N6O/c1-15-10-18(13-24(2,3)12-15)34-22-9-4-16(21-14-29-33-32-21)11-20(22)31-23(34)30-17-5-7-19(8-6-17)35-25(26,27)28/h4-9,11,15,18H,10,12-14H2,1-3H3,(H,30,31)/t15-,18-/m0/s1. The highest BCUT2D eigenvalue weighted by molar-refractivity contribution is 6.04. The van der Waals surface area contributed by atoms with Gasteiger partial charge in [-0.25, -0.2) is 4.98 Å². The Morgan fingerprint density at radius 1 is 1.09 bits per heavy atom. The topological polar surface area (TPSA) is 76.2 Å². The maximum absolute atomic E-state index is 12.5. The minimum absolute atomic E-state index is 0.189. The second-order valence-corrected chi connectivity index (χ2v) is 10.2. The number of alkyl halides is 3. The highest BCUT2D eigenvalue weighted by atomic mass is 19.4. The SMILES string of the molecule is C[C@H]1C[C@H](n2c(Nc3ccc(OC(F)(F)F)cc3)nc3cc(C4=NN=NC4)ccc32)CC(C)(C)C1. The van der Waals surface area contributed by atoms with Crippen LogP contribution in [-0.2, 0) is 0 Å². The van der Waals surface area contributed by atoms with E-state index in [1.54, 1.807) is 12.1 Å². The average molecular weight is 485 g/mol. The van der Waals surface area contributed by atoms with E-state index in [1.165, 1.54) is 12.1 Å². The summed E-state index contributed by atoms with van der Waals surface area (Å²) in [6.07, 6.45) is -1.54. The molecule has 1 saturated carbocycles. The van der Waals surface area contributed by atoms with Gasteiger partial charge in [-0.05, 0) is 72.2 Å². The molecule has 35 heavy (non-hydrogen) atoms. The summed E-state index contributed by atoms with van der Waals surface area (Å²) in [4.78, 5) is 4.89. The molecule has 3 aromatic rings. The summed E-state index contributed by atoms with van der Waals surface area (Å²) in [5.74, 6) is 0.944. The quantitative estimate of drug-likeness (QED) is 0.415. The largest absolute Gasteiger partial charge is 0.573 e. The second kappa shape index (κ2) is 8.66. The van der Waals surface area contributed by atoms with E-state index in [-0.39, 0.29) is 17.2 Å². The third kappa shape index (κ3) is 5.16. The Morgan fingerprint density at radius 2 is 1.86 bits per heavy atom. The first-order chi connectivity index (χ1) is 16.6. The van der Waals surface area contributed by atoms with Crippen LogP contribution in [0.4, 0.5) is 24.8 Å². The van der Waals surface area contributed by atoms with Gasteiger partial charge in [-0.3, -0.25) is 0 Å². The number of aromatic nitrogens is 2. The van der Waals surface area contributed by atoms with E-state index in [9.17, 15) is 13.2 Å². The Bertz CT molecular complexity index is 1290. The predicted molar refractivity (Wildman–Crippen MR) is 128 cm³/mol. The number of ether oxygens (including phenoxy) is 1. The molecular weight excluding hydrogens is 457 g/mol. The van der Waals surface area contributed by atoms with Crippen LogP contribution in [0.15, 0.2) is 57.9 Å². The van der Waals surface area contributed by atoms with Crippen molar-refractivity contribution in [3.63, 3.8) is 0 Å². The first-order valence-corrected chi connectivity index (χ1v) is 11.6. The number of halogens is 3. The minimum Gasteiger partial charge on any atom is -0.406 e. The summed E-state index contributed by atoms with van der Waals surface area (Å²) in [5.41, 5.74) is 4.34. The van der Waals surface area contributed by atoms with Crippen LogP contribution in [0.25, 0.3) is 11.0 Å². The van der Waals surface area contributed by atoms with Gasteiger partial charge >= 0.3 is 6.36 Å². The normalized spacial score (nSPS) is 21.8. The van der Waals surface area contributed by atoms with E-state index in [0.29, 0.717) is 24.1 Å². The molecule has 5 rings (SSSR count). The number of hydrogen-bond donors (Lipinski definition) is 1. The molecule has 2 atom stereocenters. The number of nitrogens with one attached hydrogen (secondary N) is 1. The summed E-state index contributed by atoms with van der Waals surface area (Å²) < 4.78 is 43.8. The lowest BCUT2D eigenvalue weighted by Gasteiger charge is -2.40. The van der Waals surface area contributed by atoms with Crippen molar-refractivity contribution in [1.29, 1.82) is 0 Å². The summed E-state index contributed by atoms with van der Waals surface area (Å²) in [6, 6.07) is 12.0. The van der Waals surface area contributed by atoms with E-state index in [1.807, 2.05) is 12.1 Å². The Labute approximate surface area is 201 Å². The molecule has 0 amide bonds. The lowest BCUT2D eigenvalue weighted by Crippen LogP contribution is -2.29. The number of rotatable bonds is 5. The molecule has 2 heterocycles. The van der Waals surface area contributed by atoms with Gasteiger partial charge in [0.25, 0.3) is 0 Å². The van der Waals surface area contributed by atoms with Crippen LogP contribution in [0.3, 0.4) is 0 Å². The molecule has 1 aliphatic heterocycles. The van der Waals surface area contributed by atoms with Crippen molar-refractivity contribution in [2.24, 2.45) is 26.8 Å². The molecule has 2 aromatic carbocycles. The van der Waals surface area contributed by atoms with Crippen molar-refractivity contribution in [3.8, 4) is 5.75 Å². The Morgan fingerprint density at radius 3 is 2.51 bits per heavy atom. The van der Waals surface area contributed by atoms with Crippen LogP contribution < -0.4 is 10.1 Å². The molecule has 0 spiro atoms. The molecule has 0 radical (unpaired) electrons. The molecule has 0 saturated heterocycles. The van der Waals surface area contributed by atoms with Gasteiger partial charge in [0.1, 0.15) is 12.3 Å². The van der Waals surface area contributed by atoms with E-state index < -0.39 is 6.36 Å². The number of benzene rings is 2. The smallest absolute Gasteiger partial charge is 0.406 e. The fourth-order valence-electron chi connectivity index (χ4n) is 5.46. The van der Waals surface area contributed by atoms with Crippen LogP contribution in [0.5, 0.6) is 5.75 Å². The van der Waals surface area contributed by atoms with Gasteiger partial charge in [-0.15, -0.1) is 18.3 Å². The third-order valence-electron chi connectivity index (χ3n) is 6.54. The zero-order valence-electron chi connectivity index (χ0n) is 19.8. The summed E-state index contributed by atoms with van der Waals surface area (Å²) >= 11 is 0. The van der Waals surface area contributed by atoms with Crippen LogP contribution >= 0.6 is 0 Å². The van der Waals surface area contributed by atoms with Gasteiger partial charge in [0.15, 0.2) is 0 Å². The number of imidazole rings is 1. The summed E-state index contributed by atoms with van der Waals surface area (Å²) in [6.45, 7) is 7.32. The van der Waals surface area contributed by atoms with Crippen molar-refractivity contribution in [2.45, 2.75) is 52.4 Å². The third-order valence-corrected chi connectivity index (χ3v) is 6.54. The molecule has 0 bridgehead atoms. The maximum Gasteiger partial charge on any atom is 0.573 e. The van der Waals surface area contributed by atoms with Crippen LogP contribution in [-0.4, -0.2) is 28.2 Å². The van der Waals surface area contributed by atoms with Crippen molar-refractivity contribution < 1.29 is 17.9 Å². The number of nitrogens with zero attached hydrogens (tertiary/aromatic N) is 5. The minimum atomic E-state index is -4.73. The van der Waals surface area contributed by atoms with Crippen molar-refractivity contribution >= 4 is 28.4 Å². The first kappa shape index (κ1) is 23.3. The van der Waals surface area contributed by atoms with Crippen LogP contribution in [0.1, 0.15) is 51.6 Å². The molecule has 1 aromatic heterocycles. The lowest BCUT2D eigenvalue weighted by atomic mass is 9.70. The van der Waals surface area contributed by atoms with E-state index in [0.717, 1.165) is 41.6 Å². The molecule has 1 fully saturated rings. The number of fused-ring (bicyclic) bond motifs is 1. The average Bonchev–Trinajstić information content (AvgIpc) is 3.40. The molecule has 184 valence electrons. The van der Waals surface area contributed by atoms with Crippen molar-refractivity contribution in [1.82, 2.24) is 9.55 Å². The molecule has 2 aliphatic rings. The highest BCUT2D eigenvalue weighted by Gasteiger charge is 2.35. The van der Waals surface area contributed by atoms with Crippen LogP contribution in [0, 0.1) is 11.3 Å². The zero-order chi connectivity index (χ0) is 24.8. The van der Waals surface area contributed by atoms with Crippen LogP contribution in [0.2, 0.25) is 0 Å². The zero-order valence-corrected chi connectivity index (χ0v) is 19.8. The van der Waals surface area contributed by atoms with Gasteiger partial charge in [0.05, 0.1) is 16.7 Å². The molecular formula is C25H27F3N6O. The first-order valence-electron chi connectivity index (χ1n) is 11.6. The molecule has 1 aliphatic carbocycles. The van der Waals surface area contributed by atoms with E-state index >= 15 is 0 Å². The van der Waals surface area contributed by atoms with Gasteiger partial charge in [0.2, 0.25) is 5.95 Å². The molecule has 1 N–H and O–H groups in total. The summed E-state index contributed by atoms with van der Waals surface area (Å²) in [5, 5.41) is 15.1. The number of hydrogen-bond acceptors (Lipinski definition) is 6. The summed E-state index contributed by atoms with van der Waals surface area (Å²) in [7, 11) is 0. The number of anilines is 2. The van der Waals surface area contributed by atoms with Gasteiger partial charge in [-0.2, -0.15) is 5.11 Å². The maximum atomic E-state index is 12.5. The predicted octanol–water partition coefficient (Wildman–Crippen LogP) is 7.24.